The van der Waals surface area contributed by atoms with Gasteiger partial charge in [0.2, 0.25) is 5.89 Å². The van der Waals surface area contributed by atoms with E-state index in [0.29, 0.717) is 45.0 Å². The third kappa shape index (κ3) is 4.12. The maximum atomic E-state index is 13.5. The molecule has 0 aliphatic rings. The monoisotopic (exact) mass is 490 g/mol. The van der Waals surface area contributed by atoms with Crippen LogP contribution in [-0.4, -0.2) is 26.9 Å². The Morgan fingerprint density at radius 3 is 2.71 bits per heavy atom. The lowest BCUT2D eigenvalue weighted by Gasteiger charge is -2.15. The van der Waals surface area contributed by atoms with Crippen LogP contribution in [0.2, 0.25) is 0 Å². The van der Waals surface area contributed by atoms with Crippen molar-refractivity contribution in [3.05, 3.63) is 81.3 Å². The van der Waals surface area contributed by atoms with Crippen molar-refractivity contribution < 1.29 is 9.15 Å². The number of hydrogen-bond acceptors (Lipinski definition) is 8. The van der Waals surface area contributed by atoms with Gasteiger partial charge in [-0.3, -0.25) is 9.36 Å². The SMILES string of the molecule is CCc1sc(-c2nnc(CSc3nc4ccccc4c(=O)n3-c3ccccc3OC)o2)cc1C. The van der Waals surface area contributed by atoms with Gasteiger partial charge in [-0.25, -0.2) is 4.98 Å². The summed E-state index contributed by atoms with van der Waals surface area (Å²) in [7, 11) is 1.58. The molecule has 0 fully saturated rings. The molecule has 5 rings (SSSR count). The van der Waals surface area contributed by atoms with E-state index < -0.39 is 0 Å². The summed E-state index contributed by atoms with van der Waals surface area (Å²) >= 11 is 3.04. The Morgan fingerprint density at radius 2 is 1.91 bits per heavy atom. The predicted octanol–water partition coefficient (Wildman–Crippen LogP) is 5.67. The number of aryl methyl sites for hydroxylation is 2. The van der Waals surface area contributed by atoms with Gasteiger partial charge in [-0.15, -0.1) is 21.5 Å². The number of fused-ring (bicyclic) bond motifs is 1. The van der Waals surface area contributed by atoms with E-state index in [0.717, 1.165) is 11.3 Å². The van der Waals surface area contributed by atoms with Gasteiger partial charge < -0.3 is 9.15 Å². The number of aromatic nitrogens is 4. The van der Waals surface area contributed by atoms with Crippen LogP contribution in [0, 0.1) is 6.92 Å². The normalized spacial score (nSPS) is 11.3. The summed E-state index contributed by atoms with van der Waals surface area (Å²) in [6.45, 7) is 4.23. The Kier molecular flexibility index (Phi) is 6.21. The van der Waals surface area contributed by atoms with Crippen molar-refractivity contribution in [2.45, 2.75) is 31.2 Å². The number of thioether (sulfide) groups is 1. The fourth-order valence-corrected chi connectivity index (χ4v) is 5.63. The maximum absolute atomic E-state index is 13.5. The van der Waals surface area contributed by atoms with Gasteiger partial charge in [-0.1, -0.05) is 43.0 Å². The van der Waals surface area contributed by atoms with Gasteiger partial charge in [0, 0.05) is 4.88 Å². The lowest BCUT2D eigenvalue weighted by Crippen LogP contribution is -2.22. The Morgan fingerprint density at radius 1 is 1.12 bits per heavy atom. The second-order valence-electron chi connectivity index (χ2n) is 7.58. The lowest BCUT2D eigenvalue weighted by molar-refractivity contribution is 0.411. The molecular formula is C25H22N4O3S2. The minimum atomic E-state index is -0.162. The summed E-state index contributed by atoms with van der Waals surface area (Å²) in [6.07, 6.45) is 0.974. The average molecular weight is 491 g/mol. The van der Waals surface area contributed by atoms with Gasteiger partial charge in [0.25, 0.3) is 11.4 Å². The van der Waals surface area contributed by atoms with Crippen molar-refractivity contribution in [3.63, 3.8) is 0 Å². The molecule has 2 aromatic carbocycles. The highest BCUT2D eigenvalue weighted by Gasteiger charge is 2.18. The van der Waals surface area contributed by atoms with Crippen LogP contribution in [0.3, 0.4) is 0 Å². The van der Waals surface area contributed by atoms with Crippen LogP contribution in [0.25, 0.3) is 27.4 Å². The number of hydrogen-bond donors (Lipinski definition) is 0. The standard InChI is InChI=1S/C25H22N4O3S2/c1-4-20-15(2)13-21(34-20)23-28-27-22(32-23)14-33-25-26-17-10-6-5-9-16(17)24(30)29(25)18-11-7-8-12-19(18)31-3/h5-13H,4,14H2,1-3H3. The van der Waals surface area contributed by atoms with Crippen LogP contribution in [0.5, 0.6) is 5.75 Å². The molecule has 0 unspecified atom stereocenters. The molecule has 3 aromatic heterocycles. The van der Waals surface area contributed by atoms with Crippen molar-refractivity contribution in [2.24, 2.45) is 0 Å². The number of benzene rings is 2. The first kappa shape index (κ1) is 22.4. The van der Waals surface area contributed by atoms with E-state index >= 15 is 0 Å². The summed E-state index contributed by atoms with van der Waals surface area (Å²) in [6, 6.07) is 16.8. The molecule has 172 valence electrons. The van der Waals surface area contributed by atoms with Crippen LogP contribution in [0.4, 0.5) is 0 Å². The fraction of sp³-hybridized carbons (Fsp3) is 0.200. The van der Waals surface area contributed by atoms with Crippen molar-refractivity contribution in [2.75, 3.05) is 7.11 Å². The molecule has 34 heavy (non-hydrogen) atoms. The predicted molar refractivity (Wildman–Crippen MR) is 135 cm³/mol. The largest absolute Gasteiger partial charge is 0.495 e. The van der Waals surface area contributed by atoms with Crippen LogP contribution < -0.4 is 10.3 Å². The zero-order valence-corrected chi connectivity index (χ0v) is 20.6. The highest BCUT2D eigenvalue weighted by Crippen LogP contribution is 2.32. The summed E-state index contributed by atoms with van der Waals surface area (Å²) in [5, 5.41) is 9.52. The van der Waals surface area contributed by atoms with E-state index in [9.17, 15) is 4.79 Å². The molecule has 9 heteroatoms. The van der Waals surface area contributed by atoms with Crippen LogP contribution in [0.1, 0.15) is 23.3 Å². The van der Waals surface area contributed by atoms with E-state index in [2.05, 4.69) is 30.1 Å². The first-order valence-electron chi connectivity index (χ1n) is 10.8. The molecule has 0 aliphatic carbocycles. The Labute approximate surface area is 204 Å². The molecule has 7 nitrogen and oxygen atoms in total. The minimum absolute atomic E-state index is 0.162. The van der Waals surface area contributed by atoms with Gasteiger partial charge in [0.05, 0.1) is 34.3 Å². The fourth-order valence-electron chi connectivity index (χ4n) is 3.75. The molecule has 5 aromatic rings. The Balaban J connectivity index is 1.52. The molecule has 0 radical (unpaired) electrons. The molecule has 0 N–H and O–H groups in total. The summed E-state index contributed by atoms with van der Waals surface area (Å²) in [4.78, 5) is 20.5. The number of nitrogens with zero attached hydrogens (tertiary/aromatic N) is 4. The van der Waals surface area contributed by atoms with Crippen LogP contribution in [-0.2, 0) is 12.2 Å². The zero-order valence-electron chi connectivity index (χ0n) is 18.9. The minimum Gasteiger partial charge on any atom is -0.495 e. The van der Waals surface area contributed by atoms with E-state index in [1.807, 2.05) is 42.5 Å². The molecule has 0 saturated heterocycles. The Bertz CT molecular complexity index is 1540. The van der Waals surface area contributed by atoms with Gasteiger partial charge in [0.15, 0.2) is 5.16 Å². The second-order valence-corrected chi connectivity index (χ2v) is 9.66. The van der Waals surface area contributed by atoms with Crippen molar-refractivity contribution in [3.8, 4) is 22.2 Å². The summed E-state index contributed by atoms with van der Waals surface area (Å²) < 4.78 is 13.0. The highest BCUT2D eigenvalue weighted by atomic mass is 32.2. The third-order valence-corrected chi connectivity index (χ3v) is 7.71. The maximum Gasteiger partial charge on any atom is 0.266 e. The molecule has 0 bridgehead atoms. The van der Waals surface area contributed by atoms with E-state index in [-0.39, 0.29) is 5.56 Å². The van der Waals surface area contributed by atoms with Gasteiger partial charge in [-0.05, 0) is 49.2 Å². The summed E-state index contributed by atoms with van der Waals surface area (Å²) in [5.74, 6) is 1.94. The quantitative estimate of drug-likeness (QED) is 0.215. The first-order valence-corrected chi connectivity index (χ1v) is 12.6. The topological polar surface area (TPSA) is 83.0 Å². The molecule has 0 atom stereocenters. The smallest absolute Gasteiger partial charge is 0.266 e. The van der Waals surface area contributed by atoms with Crippen molar-refractivity contribution in [1.82, 2.24) is 19.7 Å². The number of methoxy groups -OCH3 is 1. The van der Waals surface area contributed by atoms with E-state index in [1.165, 1.54) is 22.2 Å². The molecular weight excluding hydrogens is 468 g/mol. The summed E-state index contributed by atoms with van der Waals surface area (Å²) in [5.41, 5.74) is 2.33. The molecule has 0 saturated carbocycles. The van der Waals surface area contributed by atoms with Crippen molar-refractivity contribution >= 4 is 34.0 Å². The number of ether oxygens (including phenoxy) is 1. The molecule has 0 spiro atoms. The Hall–Kier alpha value is -3.43. The average Bonchev–Trinajstić information content (AvgIpc) is 3.49. The van der Waals surface area contributed by atoms with Gasteiger partial charge in [-0.2, -0.15) is 0 Å². The third-order valence-electron chi connectivity index (χ3n) is 5.42. The van der Waals surface area contributed by atoms with Gasteiger partial charge >= 0.3 is 0 Å². The molecule has 0 aliphatic heterocycles. The van der Waals surface area contributed by atoms with Crippen LogP contribution >= 0.6 is 23.1 Å². The number of para-hydroxylation sites is 3. The number of rotatable bonds is 7. The van der Waals surface area contributed by atoms with E-state index in [1.54, 1.807) is 29.1 Å². The lowest BCUT2D eigenvalue weighted by atomic mass is 10.2. The van der Waals surface area contributed by atoms with E-state index in [4.69, 9.17) is 14.1 Å². The molecule has 3 heterocycles. The zero-order chi connectivity index (χ0) is 23.7. The number of thiophene rings is 1. The van der Waals surface area contributed by atoms with Gasteiger partial charge in [0.1, 0.15) is 5.75 Å². The highest BCUT2D eigenvalue weighted by molar-refractivity contribution is 7.98. The van der Waals surface area contributed by atoms with Crippen molar-refractivity contribution in [1.29, 1.82) is 0 Å². The first-order chi connectivity index (χ1) is 16.6. The molecule has 0 amide bonds. The van der Waals surface area contributed by atoms with Crippen LogP contribution in [0.15, 0.2) is 69.0 Å². The second kappa shape index (κ2) is 9.44.